The monoisotopic (exact) mass is 162 g/mol. The molecule has 0 fully saturated rings. The fourth-order valence-electron chi connectivity index (χ4n) is 0. The van der Waals surface area contributed by atoms with E-state index in [1.165, 1.54) is 6.92 Å². The Morgan fingerprint density at radius 3 is 1.30 bits per heavy atom. The molecule has 0 aromatic rings. The van der Waals surface area contributed by atoms with Gasteiger partial charge < -0.3 is 20.4 Å². The van der Waals surface area contributed by atoms with Crippen LogP contribution in [0.4, 0.5) is 0 Å². The summed E-state index contributed by atoms with van der Waals surface area (Å²) in [6.45, 7) is 1.14. The van der Waals surface area contributed by atoms with Gasteiger partial charge in [-0.15, -0.1) is 0 Å². The molecule has 0 heterocycles. The van der Waals surface area contributed by atoms with E-state index in [0.717, 1.165) is 0 Å². The van der Waals surface area contributed by atoms with E-state index in [1.54, 1.807) is 0 Å². The Morgan fingerprint density at radius 2 is 1.30 bits per heavy atom. The van der Waals surface area contributed by atoms with Crippen LogP contribution in [-0.4, -0.2) is 75.9 Å². The minimum absolute atomic E-state index is 0. The van der Waals surface area contributed by atoms with Crippen LogP contribution < -0.4 is 0 Å². The van der Waals surface area contributed by atoms with E-state index in [0.29, 0.717) is 0 Å². The number of hydrogen-bond acceptors (Lipinski definition) is 4. The van der Waals surface area contributed by atoms with E-state index < -0.39 is 6.10 Å². The van der Waals surface area contributed by atoms with Crippen molar-refractivity contribution in [1.82, 2.24) is 0 Å². The van der Waals surface area contributed by atoms with Gasteiger partial charge >= 0.3 is 29.6 Å². The molecule has 0 aromatic carbocycles. The predicted octanol–water partition coefficient (Wildman–Crippen LogP) is -2.32. The normalized spacial score (nSPS) is 10.5. The average Bonchev–Trinajstić information content (AvgIpc) is 1.89. The van der Waals surface area contributed by atoms with Crippen LogP contribution in [0.2, 0.25) is 0 Å². The molecule has 0 aliphatic rings. The predicted molar refractivity (Wildman–Crippen MR) is 40.1 cm³/mol. The van der Waals surface area contributed by atoms with Crippen LogP contribution >= 0.6 is 0 Å². The molecule has 5 heteroatoms. The summed E-state index contributed by atoms with van der Waals surface area (Å²) in [7, 11) is 0. The molecule has 0 aliphatic heterocycles. The van der Waals surface area contributed by atoms with Crippen LogP contribution in [0.5, 0.6) is 0 Å². The summed E-state index contributed by atoms with van der Waals surface area (Å²) in [6, 6.07) is 0. The molecule has 1 atom stereocenters. The first kappa shape index (κ1) is 17.1. The Kier molecular flexibility index (Phi) is 28.1. The van der Waals surface area contributed by atoms with Crippen molar-refractivity contribution in [2.75, 3.05) is 19.8 Å². The van der Waals surface area contributed by atoms with Gasteiger partial charge in [0.25, 0.3) is 0 Å². The van der Waals surface area contributed by atoms with Crippen LogP contribution in [0.1, 0.15) is 6.92 Å². The van der Waals surface area contributed by atoms with Gasteiger partial charge in [0.05, 0.1) is 25.9 Å². The second kappa shape index (κ2) is 16.4. The molecule has 0 bridgehead atoms. The molecule has 0 saturated carbocycles. The van der Waals surface area contributed by atoms with Gasteiger partial charge in [0.1, 0.15) is 0 Å². The topological polar surface area (TPSA) is 80.9 Å². The summed E-state index contributed by atoms with van der Waals surface area (Å²) in [5, 5.41) is 31.3. The number of aliphatic hydroxyl groups is 4. The SMILES string of the molecule is CC(O)CO.OCCO.[NaH]. The fraction of sp³-hybridized carbons (Fsp3) is 1.00. The molecule has 0 saturated heterocycles. The standard InChI is InChI=1S/C3H8O2.C2H6O2.Na.H/c1-3(5)2-4;3-1-2-4;;/h3-5H,2H2,1H3;3-4H,1-2H2;;. The van der Waals surface area contributed by atoms with E-state index in [-0.39, 0.29) is 49.4 Å². The van der Waals surface area contributed by atoms with Gasteiger partial charge in [0.2, 0.25) is 0 Å². The van der Waals surface area contributed by atoms with Crippen LogP contribution in [0.15, 0.2) is 0 Å². The molecular formula is C5H15NaO4. The Hall–Kier alpha value is 0.840. The molecule has 10 heavy (non-hydrogen) atoms. The third-order valence-electron chi connectivity index (χ3n) is 0.364. The average molecular weight is 162 g/mol. The van der Waals surface area contributed by atoms with Crippen molar-refractivity contribution in [2.24, 2.45) is 0 Å². The van der Waals surface area contributed by atoms with Gasteiger partial charge in [-0.2, -0.15) is 0 Å². The Labute approximate surface area is 82.8 Å². The van der Waals surface area contributed by atoms with E-state index in [4.69, 9.17) is 20.4 Å². The molecule has 0 amide bonds. The van der Waals surface area contributed by atoms with Gasteiger partial charge in [-0.05, 0) is 6.92 Å². The molecule has 4 nitrogen and oxygen atoms in total. The van der Waals surface area contributed by atoms with Gasteiger partial charge in [-0.1, -0.05) is 0 Å². The maximum atomic E-state index is 8.11. The molecule has 4 N–H and O–H groups in total. The van der Waals surface area contributed by atoms with Gasteiger partial charge in [-0.3, -0.25) is 0 Å². The molecule has 0 spiro atoms. The van der Waals surface area contributed by atoms with Crippen LogP contribution in [0.3, 0.4) is 0 Å². The van der Waals surface area contributed by atoms with Crippen molar-refractivity contribution in [3.05, 3.63) is 0 Å². The number of hydrogen-bond donors (Lipinski definition) is 4. The summed E-state index contributed by atoms with van der Waals surface area (Å²) < 4.78 is 0. The second-order valence-electron chi connectivity index (χ2n) is 1.48. The maximum absolute atomic E-state index is 8.11. The zero-order chi connectivity index (χ0) is 7.70. The molecule has 0 rings (SSSR count). The van der Waals surface area contributed by atoms with Crippen molar-refractivity contribution < 1.29 is 20.4 Å². The van der Waals surface area contributed by atoms with E-state index in [9.17, 15) is 0 Å². The summed E-state index contributed by atoms with van der Waals surface area (Å²) in [6.07, 6.45) is -0.560. The van der Waals surface area contributed by atoms with Crippen molar-refractivity contribution in [3.63, 3.8) is 0 Å². The molecule has 1 unspecified atom stereocenters. The summed E-state index contributed by atoms with van der Waals surface area (Å²) >= 11 is 0. The molecule has 0 aromatic heterocycles. The van der Waals surface area contributed by atoms with E-state index in [1.807, 2.05) is 0 Å². The first-order valence-electron chi connectivity index (χ1n) is 2.69. The zero-order valence-corrected chi connectivity index (χ0v) is 5.49. The van der Waals surface area contributed by atoms with Gasteiger partial charge in [0.15, 0.2) is 0 Å². The molecule has 0 radical (unpaired) electrons. The van der Waals surface area contributed by atoms with E-state index in [2.05, 4.69) is 0 Å². The van der Waals surface area contributed by atoms with Crippen molar-refractivity contribution in [3.8, 4) is 0 Å². The third kappa shape index (κ3) is 36.8. The zero-order valence-electron chi connectivity index (χ0n) is 5.49. The first-order valence-corrected chi connectivity index (χ1v) is 2.69. The molecule has 60 valence electrons. The fourth-order valence-corrected chi connectivity index (χ4v) is 0. The molecular weight excluding hydrogens is 147 g/mol. The third-order valence-corrected chi connectivity index (χ3v) is 0.364. The van der Waals surface area contributed by atoms with Crippen LogP contribution in [-0.2, 0) is 0 Å². The van der Waals surface area contributed by atoms with Crippen molar-refractivity contribution in [2.45, 2.75) is 13.0 Å². The Morgan fingerprint density at radius 1 is 1.10 bits per heavy atom. The summed E-state index contributed by atoms with van der Waals surface area (Å²) in [4.78, 5) is 0. The second-order valence-corrected chi connectivity index (χ2v) is 1.48. The minimum atomic E-state index is -0.560. The van der Waals surface area contributed by atoms with Gasteiger partial charge in [0, 0.05) is 0 Å². The Bertz CT molecular complexity index is 40.6. The summed E-state index contributed by atoms with van der Waals surface area (Å²) in [5.41, 5.74) is 0. The Balaban J connectivity index is -0.0000000910. The van der Waals surface area contributed by atoms with Crippen molar-refractivity contribution >= 4 is 29.6 Å². The number of rotatable bonds is 2. The molecule has 0 aliphatic carbocycles. The van der Waals surface area contributed by atoms with Gasteiger partial charge in [-0.25, -0.2) is 0 Å². The quantitative estimate of drug-likeness (QED) is 0.344. The first-order chi connectivity index (χ1) is 4.18. The summed E-state index contributed by atoms with van der Waals surface area (Å²) in [5.74, 6) is 0. The van der Waals surface area contributed by atoms with Crippen LogP contribution in [0.25, 0.3) is 0 Å². The van der Waals surface area contributed by atoms with Crippen molar-refractivity contribution in [1.29, 1.82) is 0 Å². The van der Waals surface area contributed by atoms with E-state index >= 15 is 0 Å². The van der Waals surface area contributed by atoms with Crippen LogP contribution in [0, 0.1) is 0 Å². The number of aliphatic hydroxyl groups excluding tert-OH is 4.